The Kier molecular flexibility index (Phi) is 4.99. The number of nitrogens with zero attached hydrogens (tertiary/aromatic N) is 2. The lowest BCUT2D eigenvalue weighted by atomic mass is 10.2. The van der Waals surface area contributed by atoms with Crippen LogP contribution in [0.1, 0.15) is 20.9 Å². The molecule has 8 heteroatoms. The van der Waals surface area contributed by atoms with Crippen LogP contribution >= 0.6 is 11.3 Å². The van der Waals surface area contributed by atoms with Gasteiger partial charge in [0, 0.05) is 12.6 Å². The van der Waals surface area contributed by atoms with Crippen molar-refractivity contribution < 1.29 is 9.53 Å². The fourth-order valence-corrected chi connectivity index (χ4v) is 4.71. The number of aryl methyl sites for hydroxylation is 1. The molecule has 0 spiro atoms. The number of fused-ring (bicyclic) bond motifs is 2. The second-order valence-electron chi connectivity index (χ2n) is 7.51. The fourth-order valence-electron chi connectivity index (χ4n) is 3.72. The predicted molar refractivity (Wildman–Crippen MR) is 124 cm³/mol. The van der Waals surface area contributed by atoms with E-state index in [1.807, 2.05) is 60.7 Å². The summed E-state index contributed by atoms with van der Waals surface area (Å²) in [5.74, 6) is -0.536. The Morgan fingerprint density at radius 3 is 2.56 bits per heavy atom. The Morgan fingerprint density at radius 1 is 1.03 bits per heavy atom. The lowest BCUT2D eigenvalue weighted by molar-refractivity contribution is 0.0474. The molecule has 0 bridgehead atoms. The molecular weight excluding hydrogens is 426 g/mol. The van der Waals surface area contributed by atoms with Crippen molar-refractivity contribution in [3.63, 3.8) is 0 Å². The number of aromatic nitrogens is 3. The minimum atomic E-state index is -0.536. The third kappa shape index (κ3) is 3.54. The number of aromatic amines is 1. The second-order valence-corrected chi connectivity index (χ2v) is 8.54. The molecule has 0 saturated heterocycles. The van der Waals surface area contributed by atoms with Crippen LogP contribution in [0.4, 0.5) is 0 Å². The highest BCUT2D eigenvalue weighted by Gasteiger charge is 2.19. The van der Waals surface area contributed by atoms with E-state index in [-0.39, 0.29) is 18.0 Å². The van der Waals surface area contributed by atoms with Gasteiger partial charge in [-0.2, -0.15) is 0 Å². The molecule has 0 atom stereocenters. The first-order valence-electron chi connectivity index (χ1n) is 10.0. The molecule has 2 aromatic carbocycles. The second kappa shape index (κ2) is 7.97. The van der Waals surface area contributed by atoms with Crippen molar-refractivity contribution in [2.24, 2.45) is 7.05 Å². The number of esters is 1. The van der Waals surface area contributed by atoms with Crippen LogP contribution in [0.15, 0.2) is 76.3 Å². The molecule has 0 amide bonds. The molecule has 1 N–H and O–H groups in total. The van der Waals surface area contributed by atoms with Crippen molar-refractivity contribution in [3.05, 3.63) is 104 Å². The molecule has 0 aliphatic heterocycles. The topological polar surface area (TPSA) is 86.1 Å². The van der Waals surface area contributed by atoms with Crippen LogP contribution in [0, 0.1) is 0 Å². The Bertz CT molecular complexity index is 1540. The van der Waals surface area contributed by atoms with Crippen LogP contribution in [0.3, 0.4) is 0 Å². The number of thiophene rings is 1. The van der Waals surface area contributed by atoms with Gasteiger partial charge >= 0.3 is 11.7 Å². The van der Waals surface area contributed by atoms with Gasteiger partial charge in [0.15, 0.2) is 0 Å². The third-order valence-electron chi connectivity index (χ3n) is 5.34. The van der Waals surface area contributed by atoms with Gasteiger partial charge in [0.2, 0.25) is 0 Å². The van der Waals surface area contributed by atoms with Gasteiger partial charge in [-0.05, 0) is 29.1 Å². The highest BCUT2D eigenvalue weighted by Crippen LogP contribution is 2.23. The van der Waals surface area contributed by atoms with Crippen molar-refractivity contribution in [2.75, 3.05) is 0 Å². The first kappa shape index (κ1) is 20.0. The summed E-state index contributed by atoms with van der Waals surface area (Å²) >= 11 is 1.08. The Morgan fingerprint density at radius 2 is 1.78 bits per heavy atom. The number of ether oxygens (including phenoxy) is 1. The number of carbonyl (C=O) groups is 1. The molecule has 0 aliphatic rings. The zero-order valence-electron chi connectivity index (χ0n) is 17.2. The molecule has 3 heterocycles. The lowest BCUT2D eigenvalue weighted by Gasteiger charge is -2.08. The van der Waals surface area contributed by atoms with Crippen LogP contribution in [0.25, 0.3) is 21.1 Å². The van der Waals surface area contributed by atoms with Gasteiger partial charge < -0.3 is 9.72 Å². The zero-order valence-corrected chi connectivity index (χ0v) is 18.0. The van der Waals surface area contributed by atoms with Crippen molar-refractivity contribution in [1.29, 1.82) is 0 Å². The Balaban J connectivity index is 1.44. The average molecular weight is 446 g/mol. The number of hydrogen-bond donors (Lipinski definition) is 1. The van der Waals surface area contributed by atoms with E-state index in [4.69, 9.17) is 4.74 Å². The number of rotatable bonds is 5. The number of carbonyl (C=O) groups excluding carboxylic acids is 1. The molecule has 0 saturated carbocycles. The normalized spacial score (nSPS) is 11.3. The van der Waals surface area contributed by atoms with E-state index < -0.39 is 17.2 Å². The molecule has 0 radical (unpaired) electrons. The van der Waals surface area contributed by atoms with E-state index in [9.17, 15) is 14.4 Å². The largest absolute Gasteiger partial charge is 0.455 e. The summed E-state index contributed by atoms with van der Waals surface area (Å²) in [5.41, 5.74) is 1.75. The third-order valence-corrected chi connectivity index (χ3v) is 6.53. The molecule has 0 unspecified atom stereocenters. The quantitative estimate of drug-likeness (QED) is 0.419. The molecule has 5 aromatic rings. The summed E-state index contributed by atoms with van der Waals surface area (Å²) < 4.78 is 8.04. The first-order valence-corrected chi connectivity index (χ1v) is 10.8. The summed E-state index contributed by atoms with van der Waals surface area (Å²) in [7, 11) is 1.60. The Labute approximate surface area is 186 Å². The van der Waals surface area contributed by atoms with E-state index in [2.05, 4.69) is 4.98 Å². The average Bonchev–Trinajstić information content (AvgIpc) is 3.44. The summed E-state index contributed by atoms with van der Waals surface area (Å²) in [6.45, 7) is 0.247. The van der Waals surface area contributed by atoms with Gasteiger partial charge in [-0.1, -0.05) is 48.5 Å². The van der Waals surface area contributed by atoms with Crippen LogP contribution in [0.2, 0.25) is 0 Å². The molecule has 5 rings (SSSR count). The monoisotopic (exact) mass is 445 g/mol. The van der Waals surface area contributed by atoms with E-state index in [0.717, 1.165) is 33.5 Å². The van der Waals surface area contributed by atoms with Gasteiger partial charge in [0.25, 0.3) is 5.56 Å². The minimum Gasteiger partial charge on any atom is -0.455 e. The summed E-state index contributed by atoms with van der Waals surface area (Å²) in [6.07, 6.45) is 0. The van der Waals surface area contributed by atoms with Gasteiger partial charge in [-0.15, -0.1) is 11.3 Å². The number of para-hydroxylation sites is 1. The van der Waals surface area contributed by atoms with E-state index in [0.29, 0.717) is 10.2 Å². The van der Waals surface area contributed by atoms with Crippen LogP contribution in [-0.4, -0.2) is 20.1 Å². The highest BCUT2D eigenvalue weighted by atomic mass is 32.1. The van der Waals surface area contributed by atoms with E-state index in [1.54, 1.807) is 7.05 Å². The highest BCUT2D eigenvalue weighted by molar-refractivity contribution is 7.20. The number of H-pyrrole nitrogens is 1. The van der Waals surface area contributed by atoms with Gasteiger partial charge in [0.05, 0.1) is 17.6 Å². The standard InChI is InChI=1S/C24H19N3O4S/c1-26-22-18(21(28)27(24(26)30)13-15-7-3-2-4-8-15)12-20(32-22)23(29)31-14-17-11-16-9-5-6-10-19(16)25-17/h2-12,25H,13-14H2,1H3. The van der Waals surface area contributed by atoms with Crippen LogP contribution in [-0.2, 0) is 24.9 Å². The first-order chi connectivity index (χ1) is 15.5. The predicted octanol–water partition coefficient (Wildman–Crippen LogP) is 3.65. The lowest BCUT2D eigenvalue weighted by Crippen LogP contribution is -2.38. The maximum absolute atomic E-state index is 13.0. The fraction of sp³-hybridized carbons (Fsp3) is 0.125. The molecular formula is C24H19N3O4S. The number of benzene rings is 2. The maximum Gasteiger partial charge on any atom is 0.348 e. The number of nitrogens with one attached hydrogen (secondary N) is 1. The van der Waals surface area contributed by atoms with Crippen molar-refractivity contribution >= 4 is 38.4 Å². The summed E-state index contributed by atoms with van der Waals surface area (Å²) in [4.78, 5) is 42.4. The van der Waals surface area contributed by atoms with E-state index in [1.165, 1.54) is 15.2 Å². The van der Waals surface area contributed by atoms with Gasteiger partial charge in [-0.3, -0.25) is 13.9 Å². The van der Waals surface area contributed by atoms with Gasteiger partial charge in [-0.25, -0.2) is 9.59 Å². The van der Waals surface area contributed by atoms with Crippen molar-refractivity contribution in [3.8, 4) is 0 Å². The van der Waals surface area contributed by atoms with Crippen molar-refractivity contribution in [2.45, 2.75) is 13.2 Å². The van der Waals surface area contributed by atoms with Crippen LogP contribution in [0.5, 0.6) is 0 Å². The van der Waals surface area contributed by atoms with E-state index >= 15 is 0 Å². The summed E-state index contributed by atoms with van der Waals surface area (Å²) in [5, 5.41) is 1.36. The smallest absolute Gasteiger partial charge is 0.348 e. The maximum atomic E-state index is 13.0. The molecule has 0 fully saturated rings. The van der Waals surface area contributed by atoms with Gasteiger partial charge in [0.1, 0.15) is 16.3 Å². The SMILES string of the molecule is Cn1c(=O)n(Cc2ccccc2)c(=O)c2cc(C(=O)OCc3cc4ccccc4[nH]3)sc21. The molecule has 160 valence electrons. The number of hydrogen-bond acceptors (Lipinski definition) is 5. The summed E-state index contributed by atoms with van der Waals surface area (Å²) in [6, 6.07) is 20.5. The minimum absolute atomic E-state index is 0.0823. The zero-order chi connectivity index (χ0) is 22.2. The Hall–Kier alpha value is -3.91. The molecule has 32 heavy (non-hydrogen) atoms. The molecule has 3 aromatic heterocycles. The molecule has 7 nitrogen and oxygen atoms in total. The molecule has 0 aliphatic carbocycles. The van der Waals surface area contributed by atoms with Crippen molar-refractivity contribution in [1.82, 2.24) is 14.1 Å². The van der Waals surface area contributed by atoms with Crippen LogP contribution < -0.4 is 11.2 Å².